The van der Waals surface area contributed by atoms with E-state index in [2.05, 4.69) is 17.4 Å². The number of nitrogens with one attached hydrogen (secondary N) is 1. The highest BCUT2D eigenvalue weighted by Gasteiger charge is 2.31. The highest BCUT2D eigenvalue weighted by atomic mass is 33.1. The van der Waals surface area contributed by atoms with Gasteiger partial charge in [0.05, 0.1) is 0 Å². The Morgan fingerprint density at radius 2 is 1.92 bits per heavy atom. The van der Waals surface area contributed by atoms with E-state index in [1.54, 1.807) is 0 Å². The van der Waals surface area contributed by atoms with Crippen LogP contribution in [0.5, 0.6) is 5.75 Å². The van der Waals surface area contributed by atoms with E-state index in [0.717, 1.165) is 41.6 Å². The van der Waals surface area contributed by atoms with Crippen LogP contribution in [-0.2, 0) is 23.1 Å². The van der Waals surface area contributed by atoms with Crippen LogP contribution in [-0.4, -0.2) is 48.1 Å². The largest absolute Gasteiger partial charge is 0.487 e. The fraction of sp³-hybridized carbons (Fsp3) is 0.647. The van der Waals surface area contributed by atoms with Gasteiger partial charge >= 0.3 is 0 Å². The molecule has 1 radical (unpaired) electrons. The van der Waals surface area contributed by atoms with Gasteiger partial charge in [0, 0.05) is 43.6 Å². The summed E-state index contributed by atoms with van der Waals surface area (Å²) < 4.78 is 6.03. The minimum Gasteiger partial charge on any atom is -0.487 e. The standard InChI is InChI=1S/C17H23N2O3S2/c20-15(8-18-14-1-3-19(21)4-2-14)17-6-11-5-12-9-23-24-10-13(12)7-16(11)22-17/h5,7,14-15,17-18,20H,1-4,6,8-10H2. The lowest BCUT2D eigenvalue weighted by molar-refractivity contribution is -0.169. The van der Waals surface area contributed by atoms with Crippen LogP contribution in [0.3, 0.4) is 0 Å². The molecule has 24 heavy (non-hydrogen) atoms. The molecule has 2 atom stereocenters. The van der Waals surface area contributed by atoms with Crippen LogP contribution in [0.2, 0.25) is 0 Å². The number of hydroxylamine groups is 2. The zero-order valence-electron chi connectivity index (χ0n) is 13.6. The van der Waals surface area contributed by atoms with Crippen molar-refractivity contribution < 1.29 is 15.1 Å². The summed E-state index contributed by atoms with van der Waals surface area (Å²) in [5.41, 5.74) is 4.01. The Hall–Kier alpha value is -0.440. The van der Waals surface area contributed by atoms with Gasteiger partial charge in [-0.2, -0.15) is 5.06 Å². The molecule has 0 aromatic heterocycles. The number of fused-ring (bicyclic) bond motifs is 2. The molecule has 3 heterocycles. The molecule has 131 valence electrons. The number of hydrogen-bond acceptors (Lipinski definition) is 6. The Labute approximate surface area is 150 Å². The predicted octanol–water partition coefficient (Wildman–Crippen LogP) is 2.15. The molecule has 2 unspecified atom stereocenters. The van der Waals surface area contributed by atoms with E-state index in [4.69, 9.17) is 4.74 Å². The molecule has 3 aliphatic heterocycles. The van der Waals surface area contributed by atoms with Gasteiger partial charge < -0.3 is 15.2 Å². The first kappa shape index (κ1) is 17.0. The Morgan fingerprint density at radius 1 is 1.21 bits per heavy atom. The van der Waals surface area contributed by atoms with Crippen molar-refractivity contribution >= 4 is 21.6 Å². The number of aliphatic hydroxyl groups excluding tert-OH is 1. The van der Waals surface area contributed by atoms with Gasteiger partial charge in [0.2, 0.25) is 0 Å². The Balaban J connectivity index is 1.32. The first-order chi connectivity index (χ1) is 11.7. The van der Waals surface area contributed by atoms with E-state index in [9.17, 15) is 10.3 Å². The van der Waals surface area contributed by atoms with Gasteiger partial charge in [-0.05, 0) is 35.6 Å². The molecule has 0 saturated carbocycles. The summed E-state index contributed by atoms with van der Waals surface area (Å²) in [7, 11) is 3.80. The normalized spacial score (nSPS) is 25.8. The Morgan fingerprint density at radius 3 is 2.67 bits per heavy atom. The second-order valence-electron chi connectivity index (χ2n) is 6.79. The molecule has 4 rings (SSSR count). The summed E-state index contributed by atoms with van der Waals surface area (Å²) in [4.78, 5) is 0. The average molecular weight is 368 g/mol. The molecule has 1 aromatic carbocycles. The monoisotopic (exact) mass is 367 g/mol. The first-order valence-electron chi connectivity index (χ1n) is 8.58. The highest BCUT2D eigenvalue weighted by Crippen LogP contribution is 2.41. The number of rotatable bonds is 4. The third-order valence-electron chi connectivity index (χ3n) is 5.09. The zero-order chi connectivity index (χ0) is 16.5. The molecule has 0 bridgehead atoms. The van der Waals surface area contributed by atoms with Crippen molar-refractivity contribution in [2.75, 3.05) is 19.6 Å². The zero-order valence-corrected chi connectivity index (χ0v) is 15.2. The molecule has 1 aromatic rings. The number of ether oxygens (including phenoxy) is 1. The van der Waals surface area contributed by atoms with E-state index in [1.165, 1.54) is 16.7 Å². The van der Waals surface area contributed by atoms with E-state index >= 15 is 0 Å². The van der Waals surface area contributed by atoms with Gasteiger partial charge in [-0.15, -0.1) is 5.21 Å². The minimum atomic E-state index is -0.525. The SMILES string of the molecule is [O]N1CCC(NCC(O)C2Cc3cc4c(cc3O2)CSSC4)CC1. The second-order valence-corrected chi connectivity index (χ2v) is 9.26. The third kappa shape index (κ3) is 3.71. The van der Waals surface area contributed by atoms with Gasteiger partial charge in [-0.25, -0.2) is 0 Å². The van der Waals surface area contributed by atoms with Crippen LogP contribution in [0.15, 0.2) is 12.1 Å². The quantitative estimate of drug-likeness (QED) is 0.795. The number of hydrogen-bond donors (Lipinski definition) is 2. The lowest BCUT2D eigenvalue weighted by Gasteiger charge is -2.28. The summed E-state index contributed by atoms with van der Waals surface area (Å²) >= 11 is 0. The molecule has 5 nitrogen and oxygen atoms in total. The summed E-state index contributed by atoms with van der Waals surface area (Å²) in [5, 5.41) is 26.2. The van der Waals surface area contributed by atoms with E-state index in [1.807, 2.05) is 21.6 Å². The van der Waals surface area contributed by atoms with E-state index < -0.39 is 6.10 Å². The number of nitrogens with zero attached hydrogens (tertiary/aromatic N) is 1. The maximum atomic E-state index is 11.2. The third-order valence-corrected chi connectivity index (χ3v) is 7.32. The Bertz CT molecular complexity index is 558. The van der Waals surface area contributed by atoms with Crippen molar-refractivity contribution in [2.45, 2.75) is 49.0 Å². The van der Waals surface area contributed by atoms with Gasteiger partial charge in [0.1, 0.15) is 18.0 Å². The van der Waals surface area contributed by atoms with Crippen molar-refractivity contribution in [3.63, 3.8) is 0 Å². The smallest absolute Gasteiger partial charge is 0.130 e. The van der Waals surface area contributed by atoms with Crippen LogP contribution in [0, 0.1) is 0 Å². The average Bonchev–Trinajstić information content (AvgIpc) is 3.02. The van der Waals surface area contributed by atoms with Crippen LogP contribution in [0.1, 0.15) is 29.5 Å². The second kappa shape index (κ2) is 7.43. The van der Waals surface area contributed by atoms with Crippen molar-refractivity contribution in [2.24, 2.45) is 0 Å². The summed E-state index contributed by atoms with van der Waals surface area (Å²) in [5.74, 6) is 3.04. The van der Waals surface area contributed by atoms with Crippen LogP contribution in [0.4, 0.5) is 0 Å². The maximum absolute atomic E-state index is 11.2. The van der Waals surface area contributed by atoms with Crippen LogP contribution >= 0.6 is 21.6 Å². The molecule has 2 N–H and O–H groups in total. The fourth-order valence-corrected chi connectivity index (χ4v) is 5.80. The highest BCUT2D eigenvalue weighted by molar-refractivity contribution is 8.76. The van der Waals surface area contributed by atoms with E-state index in [0.29, 0.717) is 25.7 Å². The predicted molar refractivity (Wildman–Crippen MR) is 96.4 cm³/mol. The van der Waals surface area contributed by atoms with Crippen molar-refractivity contribution in [1.82, 2.24) is 10.4 Å². The number of aliphatic hydroxyl groups is 1. The summed E-state index contributed by atoms with van der Waals surface area (Å²) in [6, 6.07) is 4.76. The molecule has 7 heteroatoms. The molecule has 3 aliphatic rings. The van der Waals surface area contributed by atoms with Crippen molar-refractivity contribution in [3.05, 3.63) is 28.8 Å². The Kier molecular flexibility index (Phi) is 5.26. The molecular weight excluding hydrogens is 344 g/mol. The van der Waals surface area contributed by atoms with Gasteiger partial charge in [0.15, 0.2) is 0 Å². The van der Waals surface area contributed by atoms with E-state index in [-0.39, 0.29) is 6.10 Å². The molecule has 0 spiro atoms. The van der Waals surface area contributed by atoms with Crippen LogP contribution < -0.4 is 10.1 Å². The maximum Gasteiger partial charge on any atom is 0.130 e. The number of piperidine rings is 1. The van der Waals surface area contributed by atoms with Gasteiger partial charge in [-0.1, -0.05) is 27.7 Å². The lowest BCUT2D eigenvalue weighted by Crippen LogP contribution is -2.46. The van der Waals surface area contributed by atoms with Crippen molar-refractivity contribution in [3.8, 4) is 5.75 Å². The van der Waals surface area contributed by atoms with Gasteiger partial charge in [0.25, 0.3) is 0 Å². The fourth-order valence-electron chi connectivity index (χ4n) is 3.58. The lowest BCUT2D eigenvalue weighted by atomic mass is 10.0. The molecular formula is C17H23N2O3S2. The van der Waals surface area contributed by atoms with Crippen molar-refractivity contribution in [1.29, 1.82) is 0 Å². The molecule has 0 aliphatic carbocycles. The van der Waals surface area contributed by atoms with Crippen LogP contribution in [0.25, 0.3) is 0 Å². The molecule has 1 fully saturated rings. The minimum absolute atomic E-state index is 0.170. The molecule has 0 amide bonds. The summed E-state index contributed by atoms with van der Waals surface area (Å²) in [6.07, 6.45) is 1.79. The van der Waals surface area contributed by atoms with Gasteiger partial charge in [-0.3, -0.25) is 0 Å². The molecule has 1 saturated heterocycles. The topological polar surface area (TPSA) is 64.6 Å². The summed E-state index contributed by atoms with van der Waals surface area (Å²) in [6.45, 7) is 1.69. The number of benzene rings is 1. The first-order valence-corrected chi connectivity index (χ1v) is 11.1.